The summed E-state index contributed by atoms with van der Waals surface area (Å²) in [4.78, 5) is 12.0. The Hall–Kier alpha value is -2.10. The van der Waals surface area contributed by atoms with Crippen LogP contribution in [0.1, 0.15) is 44.1 Å². The van der Waals surface area contributed by atoms with Gasteiger partial charge in [-0.1, -0.05) is 39.0 Å². The van der Waals surface area contributed by atoms with E-state index in [2.05, 4.69) is 31.2 Å². The number of para-hydroxylation sites is 1. The van der Waals surface area contributed by atoms with Crippen molar-refractivity contribution in [2.45, 2.75) is 47.6 Å². The highest BCUT2D eigenvalue weighted by atomic mass is 16.1. The molecule has 0 saturated heterocycles. The van der Waals surface area contributed by atoms with Gasteiger partial charge in [-0.05, 0) is 31.4 Å². The first-order valence-electron chi connectivity index (χ1n) is 7.65. The van der Waals surface area contributed by atoms with Crippen molar-refractivity contribution in [2.24, 2.45) is 5.41 Å². The van der Waals surface area contributed by atoms with Gasteiger partial charge < -0.3 is 5.32 Å². The van der Waals surface area contributed by atoms with Gasteiger partial charge >= 0.3 is 0 Å². The number of carbonyl (C=O) groups is 1. The van der Waals surface area contributed by atoms with Gasteiger partial charge in [-0.2, -0.15) is 5.10 Å². The third-order valence-electron chi connectivity index (χ3n) is 3.60. The quantitative estimate of drug-likeness (QED) is 0.938. The summed E-state index contributed by atoms with van der Waals surface area (Å²) in [5, 5.41) is 7.61. The topological polar surface area (TPSA) is 46.9 Å². The Morgan fingerprint density at radius 1 is 1.18 bits per heavy atom. The van der Waals surface area contributed by atoms with Crippen LogP contribution in [0.15, 0.2) is 30.3 Å². The highest BCUT2D eigenvalue weighted by molar-refractivity contribution is 5.76. The number of hydrogen-bond donors (Lipinski definition) is 1. The van der Waals surface area contributed by atoms with Crippen molar-refractivity contribution in [1.82, 2.24) is 15.1 Å². The van der Waals surface area contributed by atoms with Crippen LogP contribution in [0.4, 0.5) is 0 Å². The van der Waals surface area contributed by atoms with Crippen molar-refractivity contribution in [2.75, 3.05) is 0 Å². The third kappa shape index (κ3) is 3.97. The third-order valence-corrected chi connectivity index (χ3v) is 3.60. The maximum atomic E-state index is 12.0. The van der Waals surface area contributed by atoms with Crippen LogP contribution in [0.3, 0.4) is 0 Å². The highest BCUT2D eigenvalue weighted by Crippen LogP contribution is 2.20. The average molecular weight is 299 g/mol. The summed E-state index contributed by atoms with van der Waals surface area (Å²) < 4.78 is 1.93. The van der Waals surface area contributed by atoms with Crippen LogP contribution in [-0.4, -0.2) is 15.7 Å². The Morgan fingerprint density at radius 2 is 1.82 bits per heavy atom. The molecule has 2 rings (SSSR count). The average Bonchev–Trinajstić information content (AvgIpc) is 2.71. The first-order chi connectivity index (χ1) is 10.3. The van der Waals surface area contributed by atoms with E-state index in [0.717, 1.165) is 22.6 Å². The van der Waals surface area contributed by atoms with Crippen LogP contribution in [0, 0.1) is 19.3 Å². The molecule has 22 heavy (non-hydrogen) atoms. The van der Waals surface area contributed by atoms with Crippen molar-refractivity contribution in [3.63, 3.8) is 0 Å². The van der Waals surface area contributed by atoms with E-state index in [1.54, 1.807) is 0 Å². The Bertz CT molecular complexity index is 651. The molecule has 1 heterocycles. The number of amides is 1. The van der Waals surface area contributed by atoms with E-state index in [9.17, 15) is 4.79 Å². The first kappa shape index (κ1) is 16.3. The van der Waals surface area contributed by atoms with Crippen LogP contribution in [-0.2, 0) is 11.3 Å². The highest BCUT2D eigenvalue weighted by Gasteiger charge is 2.17. The van der Waals surface area contributed by atoms with Gasteiger partial charge in [-0.25, -0.2) is 4.68 Å². The van der Waals surface area contributed by atoms with Crippen LogP contribution in [0.2, 0.25) is 0 Å². The van der Waals surface area contributed by atoms with Crippen LogP contribution < -0.4 is 5.32 Å². The van der Waals surface area contributed by atoms with E-state index >= 15 is 0 Å². The van der Waals surface area contributed by atoms with E-state index < -0.39 is 0 Å². The predicted molar refractivity (Wildman–Crippen MR) is 89.0 cm³/mol. The zero-order valence-corrected chi connectivity index (χ0v) is 14.1. The van der Waals surface area contributed by atoms with Gasteiger partial charge in [0.2, 0.25) is 5.91 Å². The largest absolute Gasteiger partial charge is 0.352 e. The second-order valence-corrected chi connectivity index (χ2v) is 6.91. The normalized spacial score (nSPS) is 11.5. The van der Waals surface area contributed by atoms with Crippen LogP contribution in [0.25, 0.3) is 5.69 Å². The number of carbonyl (C=O) groups excluding carboxylic acids is 1. The molecule has 0 saturated carbocycles. The van der Waals surface area contributed by atoms with Gasteiger partial charge in [0.05, 0.1) is 11.4 Å². The van der Waals surface area contributed by atoms with Crippen molar-refractivity contribution in [3.8, 4) is 5.69 Å². The van der Waals surface area contributed by atoms with Gasteiger partial charge in [0, 0.05) is 24.2 Å². The molecule has 0 radical (unpaired) electrons. The van der Waals surface area contributed by atoms with Crippen molar-refractivity contribution in [1.29, 1.82) is 0 Å². The maximum Gasteiger partial charge on any atom is 0.220 e. The molecule has 0 aliphatic carbocycles. The Morgan fingerprint density at radius 3 is 2.41 bits per heavy atom. The summed E-state index contributed by atoms with van der Waals surface area (Å²) >= 11 is 0. The van der Waals surface area contributed by atoms with Gasteiger partial charge in [0.1, 0.15) is 0 Å². The molecule has 1 N–H and O–H groups in total. The van der Waals surface area contributed by atoms with E-state index in [1.807, 2.05) is 48.9 Å². The SMILES string of the molecule is Cc1nn(-c2ccccc2)c(C)c1CNC(=O)CC(C)(C)C. The summed E-state index contributed by atoms with van der Waals surface area (Å²) in [5.41, 5.74) is 4.15. The molecule has 0 aliphatic rings. The zero-order chi connectivity index (χ0) is 16.3. The molecule has 4 heteroatoms. The molecular weight excluding hydrogens is 274 g/mol. The Labute approximate surface area is 132 Å². The maximum absolute atomic E-state index is 12.0. The lowest BCUT2D eigenvalue weighted by atomic mass is 9.92. The lowest BCUT2D eigenvalue weighted by Gasteiger charge is -2.17. The van der Waals surface area contributed by atoms with Crippen molar-refractivity contribution in [3.05, 3.63) is 47.3 Å². The molecule has 118 valence electrons. The fourth-order valence-corrected chi connectivity index (χ4v) is 2.48. The number of nitrogens with zero attached hydrogens (tertiary/aromatic N) is 2. The molecule has 0 aliphatic heterocycles. The molecule has 2 aromatic rings. The Kier molecular flexibility index (Phi) is 4.69. The smallest absolute Gasteiger partial charge is 0.220 e. The minimum absolute atomic E-state index is 0.00237. The number of hydrogen-bond acceptors (Lipinski definition) is 2. The Balaban J connectivity index is 2.13. The summed E-state index contributed by atoms with van der Waals surface area (Å²) in [5.74, 6) is 0.0822. The monoisotopic (exact) mass is 299 g/mol. The minimum atomic E-state index is 0.00237. The van der Waals surface area contributed by atoms with Crippen LogP contribution in [0.5, 0.6) is 0 Å². The summed E-state index contributed by atoms with van der Waals surface area (Å²) in [7, 11) is 0. The van der Waals surface area contributed by atoms with Crippen LogP contribution >= 0.6 is 0 Å². The predicted octanol–water partition coefficient (Wildman–Crippen LogP) is 3.54. The summed E-state index contributed by atoms with van der Waals surface area (Å²) in [6.45, 7) is 10.7. The molecule has 0 fully saturated rings. The molecule has 1 aromatic heterocycles. The second kappa shape index (κ2) is 6.34. The first-order valence-corrected chi connectivity index (χ1v) is 7.65. The number of nitrogens with one attached hydrogen (secondary N) is 1. The lowest BCUT2D eigenvalue weighted by molar-refractivity contribution is -0.122. The number of aryl methyl sites for hydroxylation is 1. The number of aromatic nitrogens is 2. The zero-order valence-electron chi connectivity index (χ0n) is 14.1. The second-order valence-electron chi connectivity index (χ2n) is 6.91. The van der Waals surface area contributed by atoms with E-state index in [-0.39, 0.29) is 11.3 Å². The fraction of sp³-hybridized carbons (Fsp3) is 0.444. The number of rotatable bonds is 4. The molecule has 0 spiro atoms. The standard InChI is InChI=1S/C18H25N3O/c1-13-16(12-19-17(22)11-18(3,4)5)14(2)21(20-13)15-9-7-6-8-10-15/h6-10H,11-12H2,1-5H3,(H,19,22). The summed E-state index contributed by atoms with van der Waals surface area (Å²) in [6, 6.07) is 10.0. The number of benzene rings is 1. The minimum Gasteiger partial charge on any atom is -0.352 e. The fourth-order valence-electron chi connectivity index (χ4n) is 2.48. The van der Waals surface area contributed by atoms with Gasteiger partial charge in [-0.15, -0.1) is 0 Å². The molecule has 1 amide bonds. The molecule has 0 atom stereocenters. The summed E-state index contributed by atoms with van der Waals surface area (Å²) in [6.07, 6.45) is 0.526. The van der Waals surface area contributed by atoms with E-state index in [4.69, 9.17) is 0 Å². The van der Waals surface area contributed by atoms with Crippen molar-refractivity contribution < 1.29 is 4.79 Å². The van der Waals surface area contributed by atoms with Gasteiger partial charge in [0.25, 0.3) is 0 Å². The molecule has 1 aromatic carbocycles. The molecule has 0 bridgehead atoms. The lowest BCUT2D eigenvalue weighted by Crippen LogP contribution is -2.27. The molecule has 0 unspecified atom stereocenters. The molecule has 4 nitrogen and oxygen atoms in total. The molecular formula is C18H25N3O. The van der Waals surface area contributed by atoms with E-state index in [0.29, 0.717) is 13.0 Å². The van der Waals surface area contributed by atoms with Crippen molar-refractivity contribution >= 4 is 5.91 Å². The van der Waals surface area contributed by atoms with Gasteiger partial charge in [-0.3, -0.25) is 4.79 Å². The van der Waals surface area contributed by atoms with E-state index in [1.165, 1.54) is 0 Å². The van der Waals surface area contributed by atoms with Gasteiger partial charge in [0.15, 0.2) is 0 Å².